The molecule has 6 nitrogen and oxygen atoms in total. The summed E-state index contributed by atoms with van der Waals surface area (Å²) in [6, 6.07) is 17.7. The fourth-order valence-corrected chi connectivity index (χ4v) is 5.39. The smallest absolute Gasteiger partial charge is 0.336 e. The molecular formula is C31H38N2O4. The number of ketones is 1. The molecule has 0 bridgehead atoms. The lowest BCUT2D eigenvalue weighted by atomic mass is 9.68. The standard InChI is InChI=1S/C31H38N2O4/c1-6-33(7-2)23-15-13-22(14-16-23)28-27(30(35)37-18-17-36-24-11-9-8-10-12-24)21(3)32-25-19-31(4,5)20-26(34)29(25)28/h8-16,28,32H,6-7,17-20H2,1-5H3. The minimum absolute atomic E-state index is 0.0850. The number of dihydropyridines is 1. The molecule has 2 aliphatic rings. The summed E-state index contributed by atoms with van der Waals surface area (Å²) in [6.07, 6.45) is 1.21. The van der Waals surface area contributed by atoms with Gasteiger partial charge in [-0.05, 0) is 62.4 Å². The fraction of sp³-hybridized carbons (Fsp3) is 0.419. The molecule has 1 aliphatic heterocycles. The Bertz CT molecular complexity index is 1190. The zero-order valence-corrected chi connectivity index (χ0v) is 22.6. The molecule has 37 heavy (non-hydrogen) atoms. The van der Waals surface area contributed by atoms with Crippen LogP contribution < -0.4 is 15.0 Å². The molecule has 1 N–H and O–H groups in total. The van der Waals surface area contributed by atoms with E-state index in [0.717, 1.165) is 47.9 Å². The van der Waals surface area contributed by atoms with Crippen molar-refractivity contribution in [3.05, 3.63) is 82.7 Å². The van der Waals surface area contributed by atoms with E-state index in [0.29, 0.717) is 17.6 Å². The van der Waals surface area contributed by atoms with Crippen LogP contribution in [0.2, 0.25) is 0 Å². The molecule has 2 aromatic rings. The Morgan fingerprint density at radius 1 is 1.00 bits per heavy atom. The molecule has 6 heteroatoms. The lowest BCUT2D eigenvalue weighted by molar-refractivity contribution is -0.140. The number of rotatable bonds is 9. The molecular weight excluding hydrogens is 464 g/mol. The number of nitrogens with one attached hydrogen (secondary N) is 1. The monoisotopic (exact) mass is 502 g/mol. The first-order valence-electron chi connectivity index (χ1n) is 13.2. The number of esters is 1. The van der Waals surface area contributed by atoms with Crippen molar-refractivity contribution in [3.63, 3.8) is 0 Å². The van der Waals surface area contributed by atoms with Gasteiger partial charge in [0.25, 0.3) is 0 Å². The number of carbonyl (C=O) groups is 2. The molecule has 0 fully saturated rings. The molecule has 196 valence electrons. The van der Waals surface area contributed by atoms with Crippen molar-refractivity contribution in [2.45, 2.75) is 53.4 Å². The summed E-state index contributed by atoms with van der Waals surface area (Å²) >= 11 is 0. The molecule has 1 heterocycles. The van der Waals surface area contributed by atoms with Crippen molar-refractivity contribution in [2.24, 2.45) is 5.41 Å². The van der Waals surface area contributed by atoms with Crippen LogP contribution in [0, 0.1) is 5.41 Å². The Morgan fingerprint density at radius 2 is 1.68 bits per heavy atom. The van der Waals surface area contributed by atoms with Gasteiger partial charge < -0.3 is 19.7 Å². The van der Waals surface area contributed by atoms with Gasteiger partial charge in [-0.1, -0.05) is 44.2 Å². The average Bonchev–Trinajstić information content (AvgIpc) is 2.86. The van der Waals surface area contributed by atoms with E-state index in [9.17, 15) is 9.59 Å². The van der Waals surface area contributed by atoms with Crippen molar-refractivity contribution in [3.8, 4) is 5.75 Å². The van der Waals surface area contributed by atoms with Gasteiger partial charge in [-0.2, -0.15) is 0 Å². The van der Waals surface area contributed by atoms with Crippen LogP contribution in [0.5, 0.6) is 5.75 Å². The van der Waals surface area contributed by atoms with Crippen LogP contribution in [0.15, 0.2) is 77.1 Å². The number of ether oxygens (including phenoxy) is 2. The lowest BCUT2D eigenvalue weighted by Gasteiger charge is -2.39. The van der Waals surface area contributed by atoms with Gasteiger partial charge in [0.05, 0.1) is 5.57 Å². The van der Waals surface area contributed by atoms with Crippen LogP contribution in [-0.2, 0) is 14.3 Å². The first-order valence-corrected chi connectivity index (χ1v) is 13.2. The van der Waals surface area contributed by atoms with Gasteiger partial charge in [0.2, 0.25) is 0 Å². The maximum Gasteiger partial charge on any atom is 0.336 e. The largest absolute Gasteiger partial charge is 0.490 e. The average molecular weight is 503 g/mol. The Morgan fingerprint density at radius 3 is 2.32 bits per heavy atom. The van der Waals surface area contributed by atoms with Crippen molar-refractivity contribution < 1.29 is 19.1 Å². The summed E-state index contributed by atoms with van der Waals surface area (Å²) in [5.41, 5.74) is 4.74. The Labute approximate surface area is 220 Å². The van der Waals surface area contributed by atoms with Gasteiger partial charge in [0.1, 0.15) is 19.0 Å². The van der Waals surface area contributed by atoms with E-state index < -0.39 is 11.9 Å². The third-order valence-electron chi connectivity index (χ3n) is 7.14. The van der Waals surface area contributed by atoms with E-state index in [-0.39, 0.29) is 24.4 Å². The third-order valence-corrected chi connectivity index (χ3v) is 7.14. The zero-order chi connectivity index (χ0) is 26.6. The number of para-hydroxylation sites is 1. The quantitative estimate of drug-likeness (QED) is 0.347. The topological polar surface area (TPSA) is 67.9 Å². The second kappa shape index (κ2) is 11.2. The van der Waals surface area contributed by atoms with Crippen LogP contribution >= 0.6 is 0 Å². The minimum atomic E-state index is -0.465. The molecule has 2 aromatic carbocycles. The summed E-state index contributed by atoms with van der Waals surface area (Å²) in [4.78, 5) is 29.2. The number of Topliss-reactive ketones (excluding diaryl/α,β-unsaturated/α-hetero) is 1. The second-order valence-electron chi connectivity index (χ2n) is 10.5. The molecule has 0 saturated carbocycles. The maximum atomic E-state index is 13.5. The number of carbonyl (C=O) groups excluding carboxylic acids is 2. The van der Waals surface area contributed by atoms with Crippen LogP contribution in [0.25, 0.3) is 0 Å². The third kappa shape index (κ3) is 5.90. The SMILES string of the molecule is CCN(CC)c1ccc(C2C(C(=O)OCCOc3ccccc3)=C(C)NC3=C2C(=O)CC(C)(C)C3)cc1. The van der Waals surface area contributed by atoms with Gasteiger partial charge >= 0.3 is 5.97 Å². The molecule has 0 amide bonds. The van der Waals surface area contributed by atoms with E-state index in [1.807, 2.05) is 49.4 Å². The number of benzene rings is 2. The molecule has 1 aliphatic carbocycles. The summed E-state index contributed by atoms with van der Waals surface area (Å²) < 4.78 is 11.4. The highest BCUT2D eigenvalue weighted by atomic mass is 16.6. The highest BCUT2D eigenvalue weighted by Gasteiger charge is 2.43. The maximum absolute atomic E-state index is 13.5. The van der Waals surface area contributed by atoms with Crippen LogP contribution in [0.3, 0.4) is 0 Å². The van der Waals surface area contributed by atoms with E-state index in [4.69, 9.17) is 9.47 Å². The highest BCUT2D eigenvalue weighted by Crippen LogP contribution is 2.47. The molecule has 0 aromatic heterocycles. The van der Waals surface area contributed by atoms with Crippen LogP contribution in [0.4, 0.5) is 5.69 Å². The summed E-state index contributed by atoms with van der Waals surface area (Å²) in [6.45, 7) is 12.6. The molecule has 0 spiro atoms. The minimum Gasteiger partial charge on any atom is -0.490 e. The van der Waals surface area contributed by atoms with Crippen molar-refractivity contribution in [1.82, 2.24) is 5.32 Å². The highest BCUT2D eigenvalue weighted by molar-refractivity contribution is 6.04. The fourth-order valence-electron chi connectivity index (χ4n) is 5.39. The number of allylic oxidation sites excluding steroid dienone is 3. The molecule has 1 unspecified atom stereocenters. The molecule has 0 radical (unpaired) electrons. The van der Waals surface area contributed by atoms with E-state index in [1.165, 1.54) is 0 Å². The molecule has 0 saturated heterocycles. The first kappa shape index (κ1) is 26.5. The first-order chi connectivity index (χ1) is 17.7. The van der Waals surface area contributed by atoms with Gasteiger partial charge in [-0.25, -0.2) is 4.79 Å². The zero-order valence-electron chi connectivity index (χ0n) is 22.6. The van der Waals surface area contributed by atoms with E-state index >= 15 is 0 Å². The van der Waals surface area contributed by atoms with Crippen molar-refractivity contribution >= 4 is 17.4 Å². The van der Waals surface area contributed by atoms with Crippen LogP contribution in [0.1, 0.15) is 58.9 Å². The number of hydrogen-bond acceptors (Lipinski definition) is 6. The van der Waals surface area contributed by atoms with E-state index in [2.05, 4.69) is 50.0 Å². The Kier molecular flexibility index (Phi) is 8.06. The van der Waals surface area contributed by atoms with Gasteiger partial charge in [-0.3, -0.25) is 4.79 Å². The number of nitrogens with zero attached hydrogens (tertiary/aromatic N) is 1. The van der Waals surface area contributed by atoms with Gasteiger partial charge in [0.15, 0.2) is 5.78 Å². The van der Waals surface area contributed by atoms with Crippen molar-refractivity contribution in [1.29, 1.82) is 0 Å². The predicted molar refractivity (Wildman–Crippen MR) is 147 cm³/mol. The summed E-state index contributed by atoms with van der Waals surface area (Å²) in [7, 11) is 0. The number of anilines is 1. The Balaban J connectivity index is 1.62. The molecule has 4 rings (SSSR count). The van der Waals surface area contributed by atoms with Gasteiger partial charge in [0, 0.05) is 48.1 Å². The lowest BCUT2D eigenvalue weighted by Crippen LogP contribution is -2.38. The predicted octanol–water partition coefficient (Wildman–Crippen LogP) is 5.76. The van der Waals surface area contributed by atoms with Gasteiger partial charge in [-0.15, -0.1) is 0 Å². The second-order valence-corrected chi connectivity index (χ2v) is 10.5. The van der Waals surface area contributed by atoms with E-state index in [1.54, 1.807) is 0 Å². The summed E-state index contributed by atoms with van der Waals surface area (Å²) in [5, 5.41) is 3.40. The van der Waals surface area contributed by atoms with Crippen molar-refractivity contribution in [2.75, 3.05) is 31.2 Å². The molecule has 1 atom stereocenters. The Hall–Kier alpha value is -3.54. The van der Waals surface area contributed by atoms with Crippen LogP contribution in [-0.4, -0.2) is 38.1 Å². The normalized spacial score (nSPS) is 18.7. The summed E-state index contributed by atoms with van der Waals surface area (Å²) in [5.74, 6) is -0.0803. The number of hydrogen-bond donors (Lipinski definition) is 1.